The molecule has 6 aromatic carbocycles. The van der Waals surface area contributed by atoms with Gasteiger partial charge in [0, 0.05) is 39.6 Å². The van der Waals surface area contributed by atoms with Crippen molar-refractivity contribution < 1.29 is 0 Å². The summed E-state index contributed by atoms with van der Waals surface area (Å²) in [5.41, 5.74) is 21.2. The molecule has 3 aliphatic rings. The predicted molar refractivity (Wildman–Crippen MR) is 281 cm³/mol. The zero-order valence-corrected chi connectivity index (χ0v) is 39.5. The van der Waals surface area contributed by atoms with E-state index in [0.29, 0.717) is 0 Å². The van der Waals surface area contributed by atoms with E-state index in [2.05, 4.69) is 207 Å². The van der Waals surface area contributed by atoms with Crippen LogP contribution in [0.25, 0.3) is 33.4 Å². The molecule has 6 aromatic rings. The molecule has 0 aromatic heterocycles. The predicted octanol–water partition coefficient (Wildman–Crippen LogP) is 18.6. The number of anilines is 4. The summed E-state index contributed by atoms with van der Waals surface area (Å²) in [7, 11) is 0. The minimum Gasteiger partial charge on any atom is -0.314 e. The normalized spacial score (nSPS) is 14.7. The number of benzene rings is 6. The van der Waals surface area contributed by atoms with Gasteiger partial charge in [0.2, 0.25) is 0 Å². The van der Waals surface area contributed by atoms with Gasteiger partial charge in [0.15, 0.2) is 0 Å². The topological polar surface area (TPSA) is 6.48 Å². The fraction of sp³-hybridized carbons (Fsp3) is 0.302. The zero-order valence-electron chi connectivity index (χ0n) is 39.5. The summed E-state index contributed by atoms with van der Waals surface area (Å²) >= 11 is 0. The monoisotopic (exact) mass is 853 g/mol. The van der Waals surface area contributed by atoms with Gasteiger partial charge in [0.05, 0.1) is 0 Å². The third-order valence-corrected chi connectivity index (χ3v) is 14.3. The molecule has 0 radical (unpaired) electrons. The molecule has 0 aliphatic heterocycles. The van der Waals surface area contributed by atoms with Gasteiger partial charge in [-0.25, -0.2) is 0 Å². The van der Waals surface area contributed by atoms with Crippen molar-refractivity contribution in [3.63, 3.8) is 0 Å². The highest BCUT2D eigenvalue weighted by Gasteiger charge is 2.42. The molecule has 0 fully saturated rings. The van der Waals surface area contributed by atoms with E-state index in [1.807, 2.05) is 0 Å². The van der Waals surface area contributed by atoms with Crippen LogP contribution in [0.5, 0.6) is 0 Å². The van der Waals surface area contributed by atoms with Gasteiger partial charge in [-0.3, -0.25) is 0 Å². The van der Waals surface area contributed by atoms with Gasteiger partial charge in [0.1, 0.15) is 0 Å². The van der Waals surface area contributed by atoms with Crippen molar-refractivity contribution in [1.29, 1.82) is 0 Å². The van der Waals surface area contributed by atoms with Crippen LogP contribution in [-0.2, 0) is 5.41 Å². The van der Waals surface area contributed by atoms with Crippen molar-refractivity contribution >= 4 is 22.7 Å². The maximum Gasteiger partial charge on any atom is 0.0458 e. The Morgan fingerprint density at radius 2 is 0.785 bits per heavy atom. The molecule has 65 heavy (non-hydrogen) atoms. The number of nitrogens with zero attached hydrogens (tertiary/aromatic N) is 2. The molecule has 0 heterocycles. The first kappa shape index (κ1) is 44.1. The lowest BCUT2D eigenvalue weighted by Crippen LogP contribution is -2.25. The van der Waals surface area contributed by atoms with E-state index in [4.69, 9.17) is 0 Å². The average molecular weight is 853 g/mol. The molecule has 0 N–H and O–H groups in total. The molecule has 2 heteroatoms. The largest absolute Gasteiger partial charge is 0.314 e. The maximum atomic E-state index is 2.60. The Bertz CT molecular complexity index is 2480. The van der Waals surface area contributed by atoms with Crippen molar-refractivity contribution in [3.05, 3.63) is 204 Å². The number of hydrogen-bond donors (Lipinski definition) is 0. The highest BCUT2D eigenvalue weighted by Crippen LogP contribution is 2.56. The second-order valence-corrected chi connectivity index (χ2v) is 18.9. The zero-order chi connectivity index (χ0) is 44.6. The van der Waals surface area contributed by atoms with E-state index >= 15 is 0 Å². The van der Waals surface area contributed by atoms with Crippen LogP contribution in [0, 0.1) is 13.8 Å². The second-order valence-electron chi connectivity index (χ2n) is 18.9. The van der Waals surface area contributed by atoms with Crippen molar-refractivity contribution in [3.8, 4) is 33.4 Å². The highest BCUT2D eigenvalue weighted by atomic mass is 15.2. The summed E-state index contributed by atoms with van der Waals surface area (Å²) in [5, 5.41) is 0. The molecule has 9 rings (SSSR count). The molecule has 330 valence electrons. The number of allylic oxidation sites excluding steroid dienone is 8. The second kappa shape index (κ2) is 20.4. The SMILES string of the molecule is CCCCCCC1(CCCCCC)c2cc(-c3ccc(N(C4=CC=CCC4)c4ccc(C)cc4)cc3)ccc2-c2ccc(-c3ccc(N(C4=CC=CCC4)c4ccc(C)cc4)cc3)cc21. The first-order valence-electron chi connectivity index (χ1n) is 24.9. The van der Waals surface area contributed by atoms with Gasteiger partial charge in [0.25, 0.3) is 0 Å². The fourth-order valence-electron chi connectivity index (χ4n) is 10.7. The number of rotatable bonds is 18. The summed E-state index contributed by atoms with van der Waals surface area (Å²) < 4.78 is 0. The lowest BCUT2D eigenvalue weighted by atomic mass is 9.70. The van der Waals surface area contributed by atoms with E-state index in [0.717, 1.165) is 25.7 Å². The summed E-state index contributed by atoms with van der Waals surface area (Å²) in [5.74, 6) is 0. The standard InChI is InChI=1S/C63H68N2/c1-5-7-9-17-43-63(44-18-10-8-6-2)61-45-51(49-27-37-57(38-28-49)64(53-19-13-11-14-20-53)55-33-23-47(3)24-34-55)31-41-59(61)60-42-32-52(46-62(60)63)50-29-39-58(40-30-50)65(54-21-15-12-16-22-54)56-35-25-48(4)26-36-56/h11-13,15,19,21,23-42,45-46H,5-10,14,16-18,20,22,43-44H2,1-4H3. The third kappa shape index (κ3) is 9.51. The Labute approximate surface area is 390 Å². The Hall–Kier alpha value is -6.12. The molecule has 2 nitrogen and oxygen atoms in total. The van der Waals surface area contributed by atoms with Crippen molar-refractivity contribution in [2.75, 3.05) is 9.80 Å². The highest BCUT2D eigenvalue weighted by molar-refractivity contribution is 5.87. The molecule has 0 unspecified atom stereocenters. The lowest BCUT2D eigenvalue weighted by molar-refractivity contribution is 0.401. The van der Waals surface area contributed by atoms with E-state index < -0.39 is 0 Å². The Morgan fingerprint density at radius 1 is 0.415 bits per heavy atom. The summed E-state index contributed by atoms with van der Waals surface area (Å²) in [6.07, 6.45) is 30.3. The number of fused-ring (bicyclic) bond motifs is 3. The molecule has 0 amide bonds. The van der Waals surface area contributed by atoms with Crippen LogP contribution in [0.4, 0.5) is 22.7 Å². The lowest BCUT2D eigenvalue weighted by Gasteiger charge is -2.33. The van der Waals surface area contributed by atoms with E-state index in [-0.39, 0.29) is 5.41 Å². The number of hydrogen-bond acceptors (Lipinski definition) is 2. The summed E-state index contributed by atoms with van der Waals surface area (Å²) in [6.45, 7) is 9.00. The molecular formula is C63H68N2. The summed E-state index contributed by atoms with van der Waals surface area (Å²) in [6, 6.07) is 51.6. The van der Waals surface area contributed by atoms with Crippen molar-refractivity contribution in [1.82, 2.24) is 0 Å². The first-order valence-corrected chi connectivity index (χ1v) is 24.9. The van der Waals surface area contributed by atoms with E-state index in [9.17, 15) is 0 Å². The van der Waals surface area contributed by atoms with Crippen molar-refractivity contribution in [2.45, 2.75) is 123 Å². The molecule has 0 atom stereocenters. The maximum absolute atomic E-state index is 2.60. The van der Waals surface area contributed by atoms with E-state index in [1.54, 1.807) is 11.1 Å². The molecule has 0 spiro atoms. The van der Waals surface area contributed by atoms with Crippen LogP contribution in [-0.4, -0.2) is 0 Å². The van der Waals surface area contributed by atoms with Crippen molar-refractivity contribution in [2.24, 2.45) is 0 Å². The van der Waals surface area contributed by atoms with Crippen LogP contribution in [0.1, 0.15) is 126 Å². The Kier molecular flexibility index (Phi) is 13.8. The molecular weight excluding hydrogens is 785 g/mol. The molecule has 0 saturated carbocycles. The van der Waals surface area contributed by atoms with Gasteiger partial charge in [-0.1, -0.05) is 173 Å². The van der Waals surface area contributed by atoms with Crippen LogP contribution in [0.15, 0.2) is 181 Å². The van der Waals surface area contributed by atoms with Gasteiger partial charge in [-0.2, -0.15) is 0 Å². The van der Waals surface area contributed by atoms with Gasteiger partial charge in [-0.15, -0.1) is 0 Å². The van der Waals surface area contributed by atoms with Crippen LogP contribution in [0.2, 0.25) is 0 Å². The quantitative estimate of drug-likeness (QED) is 0.0795. The van der Waals surface area contributed by atoms with Crippen LogP contribution < -0.4 is 9.80 Å². The molecule has 0 bridgehead atoms. The van der Waals surface area contributed by atoms with E-state index in [1.165, 1.54) is 143 Å². The third-order valence-electron chi connectivity index (χ3n) is 14.3. The van der Waals surface area contributed by atoms with Crippen LogP contribution in [0.3, 0.4) is 0 Å². The van der Waals surface area contributed by atoms with Crippen LogP contribution >= 0.6 is 0 Å². The van der Waals surface area contributed by atoms with Gasteiger partial charge in [-0.05, 0) is 170 Å². The minimum absolute atomic E-state index is 0.0233. The van der Waals surface area contributed by atoms with Gasteiger partial charge < -0.3 is 9.80 Å². The fourth-order valence-corrected chi connectivity index (χ4v) is 10.7. The Balaban J connectivity index is 1.08. The Morgan fingerprint density at radius 3 is 1.14 bits per heavy atom. The molecule has 3 aliphatic carbocycles. The minimum atomic E-state index is -0.0233. The first-order chi connectivity index (χ1) is 32.0. The number of aryl methyl sites for hydroxylation is 2. The number of unbranched alkanes of at least 4 members (excludes halogenated alkanes) is 6. The summed E-state index contributed by atoms with van der Waals surface area (Å²) in [4.78, 5) is 4.89. The average Bonchev–Trinajstić information content (AvgIpc) is 3.62. The smallest absolute Gasteiger partial charge is 0.0458 e. The van der Waals surface area contributed by atoms with Gasteiger partial charge >= 0.3 is 0 Å². The molecule has 0 saturated heterocycles.